The zero-order valence-electron chi connectivity index (χ0n) is 15.4. The first-order valence-electron chi connectivity index (χ1n) is 8.83. The van der Waals surface area contributed by atoms with Crippen LogP contribution >= 0.6 is 15.9 Å². The molecule has 4 nitrogen and oxygen atoms in total. The summed E-state index contributed by atoms with van der Waals surface area (Å²) in [5.41, 5.74) is 4.23. The number of azo groups is 1. The number of nitrogens with zero attached hydrogens (tertiary/aromatic N) is 2. The fourth-order valence-electron chi connectivity index (χ4n) is 3.05. The fraction of sp³-hybridized carbons (Fsp3) is 0.0870. The van der Waals surface area contributed by atoms with Crippen LogP contribution in [0, 0.1) is 0 Å². The summed E-state index contributed by atoms with van der Waals surface area (Å²) in [6, 6.07) is 17.3. The molecule has 0 saturated heterocycles. The number of ketones is 1. The molecule has 138 valence electrons. The maximum absolute atomic E-state index is 12.1. The number of rotatable bonds is 3. The first-order valence-corrected chi connectivity index (χ1v) is 9.62. The Kier molecular flexibility index (Phi) is 4.92. The third kappa shape index (κ3) is 3.66. The lowest BCUT2D eigenvalue weighted by Gasteiger charge is -2.11. The smallest absolute Gasteiger partial charge is 0.184 e. The summed E-state index contributed by atoms with van der Waals surface area (Å²) in [6.07, 6.45) is 3.66. The maximum atomic E-state index is 12.1. The first-order chi connectivity index (χ1) is 13.5. The van der Waals surface area contributed by atoms with E-state index < -0.39 is 0 Å². The average Bonchev–Trinajstić information content (AvgIpc) is 3.11. The van der Waals surface area contributed by atoms with Gasteiger partial charge in [-0.3, -0.25) is 4.79 Å². The number of fused-ring (bicyclic) bond motifs is 1. The van der Waals surface area contributed by atoms with E-state index in [4.69, 9.17) is 4.42 Å². The Morgan fingerprint density at radius 3 is 2.32 bits per heavy atom. The third-order valence-electron chi connectivity index (χ3n) is 4.48. The standard InChI is InChI=1S/C23H17BrN2O2/c1-14-11-17(12-15(2)23(14)27)22(26-25-19-9-7-18(24)8-10-19)21-13-16-5-3-4-6-20(16)28-21/h3-13H,1-2H3. The highest BCUT2D eigenvalue weighted by atomic mass is 79.9. The van der Waals surface area contributed by atoms with Crippen molar-refractivity contribution in [3.63, 3.8) is 0 Å². The van der Waals surface area contributed by atoms with Gasteiger partial charge >= 0.3 is 0 Å². The summed E-state index contributed by atoms with van der Waals surface area (Å²) in [4.78, 5) is 12.1. The molecule has 0 aliphatic heterocycles. The lowest BCUT2D eigenvalue weighted by Crippen LogP contribution is -2.06. The minimum absolute atomic E-state index is 0.0394. The molecule has 28 heavy (non-hydrogen) atoms. The molecule has 0 N–H and O–H groups in total. The number of allylic oxidation sites excluding steroid dienone is 5. The quantitative estimate of drug-likeness (QED) is 0.412. The second-order valence-corrected chi connectivity index (χ2v) is 7.53. The van der Waals surface area contributed by atoms with Crippen LogP contribution in [-0.4, -0.2) is 5.78 Å². The largest absolute Gasteiger partial charge is 0.454 e. The van der Waals surface area contributed by atoms with E-state index in [1.54, 1.807) is 13.8 Å². The number of Topliss-reactive ketones (excluding diaryl/α,β-unsaturated/α-hetero) is 1. The molecule has 0 atom stereocenters. The predicted molar refractivity (Wildman–Crippen MR) is 114 cm³/mol. The van der Waals surface area contributed by atoms with Gasteiger partial charge in [-0.25, -0.2) is 0 Å². The molecule has 0 spiro atoms. The summed E-state index contributed by atoms with van der Waals surface area (Å²) in [7, 11) is 0. The van der Waals surface area contributed by atoms with Crippen molar-refractivity contribution in [3.8, 4) is 0 Å². The molecular formula is C23H17BrN2O2. The van der Waals surface area contributed by atoms with Crippen LogP contribution in [0.4, 0.5) is 5.69 Å². The SMILES string of the molecule is CC1=CC(=C(N=Nc2ccc(Br)cc2)c2cc3ccccc3o2)C=C(C)C1=O. The van der Waals surface area contributed by atoms with Gasteiger partial charge in [0.2, 0.25) is 0 Å². The number of para-hydroxylation sites is 1. The number of halogens is 1. The number of furan rings is 1. The molecule has 5 heteroatoms. The van der Waals surface area contributed by atoms with Crippen molar-refractivity contribution < 1.29 is 9.21 Å². The Morgan fingerprint density at radius 2 is 1.64 bits per heavy atom. The highest BCUT2D eigenvalue weighted by molar-refractivity contribution is 9.10. The van der Waals surface area contributed by atoms with E-state index in [0.717, 1.165) is 26.7 Å². The van der Waals surface area contributed by atoms with Gasteiger partial charge in [0.05, 0.1) is 5.69 Å². The number of benzene rings is 2. The second-order valence-electron chi connectivity index (χ2n) is 6.61. The zero-order valence-corrected chi connectivity index (χ0v) is 17.0. The Hall–Kier alpha value is -3.05. The summed E-state index contributed by atoms with van der Waals surface area (Å²) < 4.78 is 7.00. The van der Waals surface area contributed by atoms with E-state index in [1.807, 2.05) is 66.7 Å². The van der Waals surface area contributed by atoms with Gasteiger partial charge in [0.1, 0.15) is 11.3 Å². The highest BCUT2D eigenvalue weighted by Crippen LogP contribution is 2.32. The van der Waals surface area contributed by atoms with Crippen molar-refractivity contribution in [1.82, 2.24) is 0 Å². The van der Waals surface area contributed by atoms with Gasteiger partial charge in [-0.05, 0) is 73.5 Å². The van der Waals surface area contributed by atoms with Crippen LogP contribution in [-0.2, 0) is 4.79 Å². The van der Waals surface area contributed by atoms with Gasteiger partial charge in [-0.15, -0.1) is 5.11 Å². The summed E-state index contributed by atoms with van der Waals surface area (Å²) in [6.45, 7) is 3.61. The molecule has 0 saturated carbocycles. The van der Waals surface area contributed by atoms with Crippen molar-refractivity contribution in [2.24, 2.45) is 10.2 Å². The second kappa shape index (κ2) is 7.52. The molecule has 1 aliphatic carbocycles. The normalized spacial score (nSPS) is 14.5. The molecule has 1 heterocycles. The fourth-order valence-corrected chi connectivity index (χ4v) is 3.31. The van der Waals surface area contributed by atoms with Crippen LogP contribution in [0.5, 0.6) is 0 Å². The van der Waals surface area contributed by atoms with E-state index in [1.165, 1.54) is 0 Å². The summed E-state index contributed by atoms with van der Waals surface area (Å²) in [5.74, 6) is 0.650. The van der Waals surface area contributed by atoms with Crippen molar-refractivity contribution in [2.75, 3.05) is 0 Å². The van der Waals surface area contributed by atoms with Crippen molar-refractivity contribution in [2.45, 2.75) is 13.8 Å². The Labute approximate surface area is 171 Å². The van der Waals surface area contributed by atoms with Crippen LogP contribution in [0.15, 0.2) is 103 Å². The highest BCUT2D eigenvalue weighted by Gasteiger charge is 2.18. The van der Waals surface area contributed by atoms with Crippen LogP contribution in [0.2, 0.25) is 0 Å². The molecule has 0 amide bonds. The van der Waals surface area contributed by atoms with E-state index in [-0.39, 0.29) is 5.78 Å². The van der Waals surface area contributed by atoms with Gasteiger partial charge in [0, 0.05) is 15.4 Å². The van der Waals surface area contributed by atoms with Gasteiger partial charge in [-0.2, -0.15) is 5.11 Å². The Balaban J connectivity index is 1.87. The molecule has 0 fully saturated rings. The maximum Gasteiger partial charge on any atom is 0.184 e. The van der Waals surface area contributed by atoms with E-state index in [0.29, 0.717) is 22.6 Å². The van der Waals surface area contributed by atoms with Crippen LogP contribution < -0.4 is 0 Å². The van der Waals surface area contributed by atoms with Crippen molar-refractivity contribution in [3.05, 3.63) is 93.7 Å². The van der Waals surface area contributed by atoms with Gasteiger partial charge < -0.3 is 4.42 Å². The molecular weight excluding hydrogens is 416 g/mol. The van der Waals surface area contributed by atoms with E-state index in [2.05, 4.69) is 26.2 Å². The minimum Gasteiger partial charge on any atom is -0.454 e. The zero-order chi connectivity index (χ0) is 19.7. The predicted octanol–water partition coefficient (Wildman–Crippen LogP) is 7.17. The number of carbonyl (C=O) groups is 1. The summed E-state index contributed by atoms with van der Waals surface area (Å²) in [5, 5.41) is 9.87. The van der Waals surface area contributed by atoms with Crippen molar-refractivity contribution in [1.29, 1.82) is 0 Å². The molecule has 1 aromatic heterocycles. The number of hydrogen-bond donors (Lipinski definition) is 0. The number of hydrogen-bond acceptors (Lipinski definition) is 4. The van der Waals surface area contributed by atoms with Gasteiger partial charge in [0.25, 0.3) is 0 Å². The summed E-state index contributed by atoms with van der Waals surface area (Å²) >= 11 is 3.42. The van der Waals surface area contributed by atoms with Crippen LogP contribution in [0.25, 0.3) is 16.7 Å². The van der Waals surface area contributed by atoms with Gasteiger partial charge in [-0.1, -0.05) is 34.1 Å². The Morgan fingerprint density at radius 1 is 0.964 bits per heavy atom. The average molecular weight is 433 g/mol. The molecule has 0 unspecified atom stereocenters. The third-order valence-corrected chi connectivity index (χ3v) is 5.01. The lowest BCUT2D eigenvalue weighted by molar-refractivity contribution is -0.112. The molecule has 1 aliphatic rings. The Bertz CT molecular complexity index is 1140. The van der Waals surface area contributed by atoms with Crippen LogP contribution in [0.1, 0.15) is 19.6 Å². The molecule has 2 aromatic carbocycles. The van der Waals surface area contributed by atoms with E-state index >= 15 is 0 Å². The van der Waals surface area contributed by atoms with Crippen molar-refractivity contribution >= 4 is 44.1 Å². The number of carbonyl (C=O) groups excluding carboxylic acids is 1. The van der Waals surface area contributed by atoms with Crippen LogP contribution in [0.3, 0.4) is 0 Å². The molecule has 0 radical (unpaired) electrons. The van der Waals surface area contributed by atoms with E-state index in [9.17, 15) is 4.79 Å². The minimum atomic E-state index is 0.0394. The molecule has 3 aromatic rings. The topological polar surface area (TPSA) is 54.9 Å². The molecule has 4 rings (SSSR count). The molecule has 0 bridgehead atoms. The van der Waals surface area contributed by atoms with Gasteiger partial charge in [0.15, 0.2) is 11.5 Å². The monoisotopic (exact) mass is 432 g/mol. The lowest BCUT2D eigenvalue weighted by atomic mass is 9.94. The first kappa shape index (κ1) is 18.3.